The zero-order valence-electron chi connectivity index (χ0n) is 9.55. The molecule has 0 unspecified atom stereocenters. The fourth-order valence-electron chi connectivity index (χ4n) is 0.965. The minimum absolute atomic E-state index is 0.0568. The first-order chi connectivity index (χ1) is 6.29. The SMILES string of the molecule is CC(=O)[C@H](C)C(=N)C(=O)[C@@H](C)C(C)C. The Morgan fingerprint density at radius 1 is 1.07 bits per heavy atom. The summed E-state index contributed by atoms with van der Waals surface area (Å²) in [6.45, 7) is 8.69. The molecule has 0 aromatic carbocycles. The van der Waals surface area contributed by atoms with E-state index in [9.17, 15) is 9.59 Å². The van der Waals surface area contributed by atoms with Gasteiger partial charge in [0.2, 0.25) is 0 Å². The molecule has 0 spiro atoms. The van der Waals surface area contributed by atoms with E-state index in [-0.39, 0.29) is 29.1 Å². The van der Waals surface area contributed by atoms with Crippen molar-refractivity contribution in [2.45, 2.75) is 34.6 Å². The monoisotopic (exact) mass is 197 g/mol. The van der Waals surface area contributed by atoms with E-state index >= 15 is 0 Å². The number of hydrogen-bond donors (Lipinski definition) is 1. The summed E-state index contributed by atoms with van der Waals surface area (Å²) < 4.78 is 0. The Labute approximate surface area is 85.4 Å². The van der Waals surface area contributed by atoms with E-state index in [1.54, 1.807) is 13.8 Å². The highest BCUT2D eigenvalue weighted by atomic mass is 16.1. The van der Waals surface area contributed by atoms with Gasteiger partial charge < -0.3 is 5.41 Å². The summed E-state index contributed by atoms with van der Waals surface area (Å²) in [4.78, 5) is 22.6. The van der Waals surface area contributed by atoms with Crippen molar-refractivity contribution < 1.29 is 9.59 Å². The van der Waals surface area contributed by atoms with Crippen LogP contribution >= 0.6 is 0 Å². The molecule has 0 saturated carbocycles. The zero-order chi connectivity index (χ0) is 11.5. The normalized spacial score (nSPS) is 15.0. The molecule has 0 aliphatic heterocycles. The van der Waals surface area contributed by atoms with Crippen LogP contribution in [0.2, 0.25) is 0 Å². The fourth-order valence-corrected chi connectivity index (χ4v) is 0.965. The third kappa shape index (κ3) is 3.05. The van der Waals surface area contributed by atoms with E-state index in [2.05, 4.69) is 0 Å². The van der Waals surface area contributed by atoms with Crippen molar-refractivity contribution in [3.8, 4) is 0 Å². The Kier molecular flexibility index (Phi) is 4.68. The molecule has 0 aliphatic rings. The molecule has 0 fully saturated rings. The molecule has 0 aliphatic carbocycles. The Bertz CT molecular complexity index is 256. The van der Waals surface area contributed by atoms with Crippen LogP contribution < -0.4 is 0 Å². The van der Waals surface area contributed by atoms with E-state index in [0.717, 1.165) is 0 Å². The van der Waals surface area contributed by atoms with Crippen molar-refractivity contribution in [1.82, 2.24) is 0 Å². The fraction of sp³-hybridized carbons (Fsp3) is 0.727. The number of hydrogen-bond acceptors (Lipinski definition) is 3. The van der Waals surface area contributed by atoms with Crippen LogP contribution in [0.25, 0.3) is 0 Å². The molecule has 80 valence electrons. The average Bonchev–Trinajstić information content (AvgIpc) is 2.12. The van der Waals surface area contributed by atoms with Crippen LogP contribution in [0.3, 0.4) is 0 Å². The molecule has 0 rings (SSSR count). The van der Waals surface area contributed by atoms with E-state index in [1.807, 2.05) is 13.8 Å². The predicted molar refractivity (Wildman–Crippen MR) is 56.6 cm³/mol. The zero-order valence-corrected chi connectivity index (χ0v) is 9.55. The first kappa shape index (κ1) is 13.0. The Morgan fingerprint density at radius 2 is 1.50 bits per heavy atom. The van der Waals surface area contributed by atoms with E-state index < -0.39 is 5.92 Å². The van der Waals surface area contributed by atoms with Crippen LogP contribution in [-0.4, -0.2) is 17.3 Å². The van der Waals surface area contributed by atoms with Crippen molar-refractivity contribution in [1.29, 1.82) is 5.41 Å². The number of carbonyl (C=O) groups excluding carboxylic acids is 2. The van der Waals surface area contributed by atoms with Crippen molar-refractivity contribution in [3.05, 3.63) is 0 Å². The maximum absolute atomic E-state index is 11.7. The summed E-state index contributed by atoms with van der Waals surface area (Å²) in [5, 5.41) is 7.58. The average molecular weight is 197 g/mol. The topological polar surface area (TPSA) is 58.0 Å². The van der Waals surface area contributed by atoms with Gasteiger partial charge in [0.05, 0.1) is 11.6 Å². The van der Waals surface area contributed by atoms with Crippen LogP contribution in [0.15, 0.2) is 0 Å². The molecular formula is C11H19NO2. The third-order valence-corrected chi connectivity index (χ3v) is 2.72. The summed E-state index contributed by atoms with van der Waals surface area (Å²) in [6.07, 6.45) is 0. The van der Waals surface area contributed by atoms with Crippen LogP contribution in [0.5, 0.6) is 0 Å². The maximum atomic E-state index is 11.7. The van der Waals surface area contributed by atoms with Gasteiger partial charge in [-0.1, -0.05) is 20.8 Å². The Morgan fingerprint density at radius 3 is 1.79 bits per heavy atom. The number of nitrogens with one attached hydrogen (secondary N) is 1. The standard InChI is InChI=1S/C11H19NO2/c1-6(2)7(3)11(14)10(12)8(4)9(5)13/h6-8,12H,1-5H3/t7-,8-/m0/s1. The minimum atomic E-state index is -0.566. The summed E-state index contributed by atoms with van der Waals surface area (Å²) in [5.74, 6) is -0.864. The number of rotatable bonds is 5. The molecular weight excluding hydrogens is 178 g/mol. The molecule has 0 saturated heterocycles. The lowest BCUT2D eigenvalue weighted by Crippen LogP contribution is -2.32. The van der Waals surface area contributed by atoms with Gasteiger partial charge in [-0.25, -0.2) is 0 Å². The summed E-state index contributed by atoms with van der Waals surface area (Å²) in [5.41, 5.74) is -0.0568. The highest BCUT2D eigenvalue weighted by Gasteiger charge is 2.26. The first-order valence-corrected chi connectivity index (χ1v) is 4.92. The molecule has 3 heteroatoms. The Balaban J connectivity index is 4.55. The molecule has 2 atom stereocenters. The predicted octanol–water partition coefficient (Wildman–Crippen LogP) is 2.09. The van der Waals surface area contributed by atoms with Crippen LogP contribution in [0.4, 0.5) is 0 Å². The van der Waals surface area contributed by atoms with Gasteiger partial charge in [-0.3, -0.25) is 9.59 Å². The molecule has 0 aromatic rings. The summed E-state index contributed by atoms with van der Waals surface area (Å²) in [6, 6.07) is 0. The number of carbonyl (C=O) groups is 2. The third-order valence-electron chi connectivity index (χ3n) is 2.72. The number of ketones is 2. The van der Waals surface area contributed by atoms with Gasteiger partial charge in [0.15, 0.2) is 5.78 Å². The molecule has 0 aromatic heterocycles. The van der Waals surface area contributed by atoms with Crippen molar-refractivity contribution >= 4 is 17.3 Å². The lowest BCUT2D eigenvalue weighted by Gasteiger charge is -2.16. The second kappa shape index (κ2) is 5.03. The van der Waals surface area contributed by atoms with Crippen LogP contribution in [0.1, 0.15) is 34.6 Å². The van der Waals surface area contributed by atoms with E-state index in [1.165, 1.54) is 6.92 Å². The number of Topliss-reactive ketones (excluding diaryl/α,β-unsaturated/α-hetero) is 2. The lowest BCUT2D eigenvalue weighted by molar-refractivity contribution is -0.121. The highest BCUT2D eigenvalue weighted by Crippen LogP contribution is 2.14. The smallest absolute Gasteiger partial charge is 0.180 e. The van der Waals surface area contributed by atoms with Crippen molar-refractivity contribution in [2.24, 2.45) is 17.8 Å². The van der Waals surface area contributed by atoms with Gasteiger partial charge in [0.1, 0.15) is 5.78 Å². The Hall–Kier alpha value is -0.990. The summed E-state index contributed by atoms with van der Waals surface area (Å²) >= 11 is 0. The van der Waals surface area contributed by atoms with Gasteiger partial charge in [-0.2, -0.15) is 0 Å². The molecule has 14 heavy (non-hydrogen) atoms. The van der Waals surface area contributed by atoms with E-state index in [4.69, 9.17) is 5.41 Å². The van der Waals surface area contributed by atoms with Gasteiger partial charge in [0.25, 0.3) is 0 Å². The van der Waals surface area contributed by atoms with Gasteiger partial charge >= 0.3 is 0 Å². The molecule has 0 bridgehead atoms. The lowest BCUT2D eigenvalue weighted by atomic mass is 9.86. The molecule has 0 radical (unpaired) electrons. The molecule has 0 heterocycles. The highest BCUT2D eigenvalue weighted by molar-refractivity contribution is 6.43. The van der Waals surface area contributed by atoms with Crippen molar-refractivity contribution in [3.63, 3.8) is 0 Å². The van der Waals surface area contributed by atoms with Crippen molar-refractivity contribution in [2.75, 3.05) is 0 Å². The maximum Gasteiger partial charge on any atom is 0.180 e. The summed E-state index contributed by atoms with van der Waals surface area (Å²) in [7, 11) is 0. The first-order valence-electron chi connectivity index (χ1n) is 4.92. The molecule has 0 amide bonds. The largest absolute Gasteiger partial charge is 0.301 e. The van der Waals surface area contributed by atoms with Crippen LogP contribution in [0, 0.1) is 23.2 Å². The van der Waals surface area contributed by atoms with Gasteiger partial charge in [-0.05, 0) is 19.8 Å². The molecule has 3 nitrogen and oxygen atoms in total. The van der Waals surface area contributed by atoms with Gasteiger partial charge in [-0.15, -0.1) is 0 Å². The molecule has 1 N–H and O–H groups in total. The second-order valence-corrected chi connectivity index (χ2v) is 4.14. The van der Waals surface area contributed by atoms with Gasteiger partial charge in [0, 0.05) is 5.92 Å². The second-order valence-electron chi connectivity index (χ2n) is 4.14. The van der Waals surface area contributed by atoms with E-state index in [0.29, 0.717) is 0 Å². The van der Waals surface area contributed by atoms with Crippen LogP contribution in [-0.2, 0) is 9.59 Å². The quantitative estimate of drug-likeness (QED) is 0.686. The minimum Gasteiger partial charge on any atom is -0.301 e.